The number of likely N-dealkylation sites (N-methyl/N-ethyl adjacent to an activating group) is 1. The average molecular weight is 402 g/mol. The number of nitrogens with zero attached hydrogens (tertiary/aromatic N) is 1. The molecule has 128 valence electrons. The molecule has 2 fully saturated rings. The van der Waals surface area contributed by atoms with E-state index < -0.39 is 0 Å². The molecule has 23 heavy (non-hydrogen) atoms. The number of piperidine rings is 1. The maximum atomic E-state index is 12.7. The van der Waals surface area contributed by atoms with Gasteiger partial charge in [0.1, 0.15) is 0 Å². The van der Waals surface area contributed by atoms with Crippen molar-refractivity contribution in [1.82, 2.24) is 10.2 Å². The van der Waals surface area contributed by atoms with Gasteiger partial charge in [-0.3, -0.25) is 4.79 Å². The summed E-state index contributed by atoms with van der Waals surface area (Å²) in [5.74, 6) is 0.527. The normalized spacial score (nSPS) is 25.3. The predicted octanol–water partition coefficient (Wildman–Crippen LogP) is 3.75. The summed E-state index contributed by atoms with van der Waals surface area (Å²) in [6.07, 6.45) is 4.32. The zero-order valence-corrected chi connectivity index (χ0v) is 16.3. The van der Waals surface area contributed by atoms with Gasteiger partial charge in [-0.05, 0) is 56.8 Å². The Kier molecular flexibility index (Phi) is 6.15. The molecule has 2 atom stereocenters. The summed E-state index contributed by atoms with van der Waals surface area (Å²) in [5, 5.41) is 3.42. The molecule has 0 unspecified atom stereocenters. The van der Waals surface area contributed by atoms with Gasteiger partial charge in [0.15, 0.2) is 0 Å². The van der Waals surface area contributed by atoms with E-state index in [4.69, 9.17) is 0 Å². The lowest BCUT2D eigenvalue weighted by molar-refractivity contribution is -0.135. The van der Waals surface area contributed by atoms with E-state index in [-0.39, 0.29) is 23.7 Å². The van der Waals surface area contributed by atoms with E-state index in [2.05, 4.69) is 52.4 Å². The van der Waals surface area contributed by atoms with Gasteiger partial charge in [0.05, 0.1) is 0 Å². The number of hydrogen-bond acceptors (Lipinski definition) is 2. The summed E-state index contributed by atoms with van der Waals surface area (Å²) in [7, 11) is 1.98. The molecule has 1 aromatic carbocycles. The van der Waals surface area contributed by atoms with E-state index >= 15 is 0 Å². The van der Waals surface area contributed by atoms with Gasteiger partial charge in [-0.1, -0.05) is 28.1 Å². The van der Waals surface area contributed by atoms with E-state index in [1.165, 1.54) is 18.4 Å². The fraction of sp³-hybridized carbons (Fsp3) is 0.611. The molecule has 0 radical (unpaired) electrons. The van der Waals surface area contributed by atoms with Crippen LogP contribution in [0.2, 0.25) is 0 Å². The van der Waals surface area contributed by atoms with Crippen LogP contribution in [0.15, 0.2) is 28.7 Å². The first-order valence-electron chi connectivity index (χ1n) is 8.25. The third kappa shape index (κ3) is 4.28. The van der Waals surface area contributed by atoms with E-state index in [1.807, 2.05) is 11.9 Å². The van der Waals surface area contributed by atoms with E-state index in [0.717, 1.165) is 30.4 Å². The Bertz CT molecular complexity index is 544. The van der Waals surface area contributed by atoms with Gasteiger partial charge >= 0.3 is 0 Å². The highest BCUT2D eigenvalue weighted by Crippen LogP contribution is 2.49. The van der Waals surface area contributed by atoms with E-state index in [0.29, 0.717) is 11.9 Å². The van der Waals surface area contributed by atoms with Crippen LogP contribution in [0, 0.1) is 5.92 Å². The van der Waals surface area contributed by atoms with Crippen molar-refractivity contribution in [2.24, 2.45) is 5.92 Å². The number of amides is 1. The van der Waals surface area contributed by atoms with Gasteiger partial charge in [0.25, 0.3) is 0 Å². The summed E-state index contributed by atoms with van der Waals surface area (Å²) in [6.45, 7) is 3.98. The topological polar surface area (TPSA) is 32.3 Å². The van der Waals surface area contributed by atoms with Gasteiger partial charge in [0.2, 0.25) is 5.91 Å². The van der Waals surface area contributed by atoms with Crippen LogP contribution in [0.4, 0.5) is 0 Å². The first kappa shape index (κ1) is 18.8. The fourth-order valence-electron chi connectivity index (χ4n) is 3.69. The average Bonchev–Trinajstić information content (AvgIpc) is 3.27. The third-order valence-corrected chi connectivity index (χ3v) is 5.73. The maximum absolute atomic E-state index is 12.7. The molecule has 2 aliphatic rings. The SMILES string of the molecule is C[C@H]1C[C@@H](C(=O)N(C)CC2(c3ccc(Br)cc3)CC2)CCN1.Cl. The standard InChI is InChI=1S/C18H25BrN2O.ClH/c1-13-11-14(7-10-20-13)17(22)21(2)12-18(8-9-18)15-3-5-16(19)6-4-15;/h3-6,13-14,20H,7-12H2,1-2H3;1H/t13-,14-;/m0./s1. The predicted molar refractivity (Wildman–Crippen MR) is 100 cm³/mol. The Hall–Kier alpha value is -0.580. The number of hydrogen-bond donors (Lipinski definition) is 1. The van der Waals surface area contributed by atoms with Crippen LogP contribution >= 0.6 is 28.3 Å². The van der Waals surface area contributed by atoms with Crippen LogP contribution in [0.3, 0.4) is 0 Å². The summed E-state index contributed by atoms with van der Waals surface area (Å²) < 4.78 is 1.11. The Morgan fingerprint density at radius 1 is 1.35 bits per heavy atom. The van der Waals surface area contributed by atoms with E-state index in [1.54, 1.807) is 0 Å². The quantitative estimate of drug-likeness (QED) is 0.833. The second-order valence-corrected chi connectivity index (χ2v) is 7.97. The van der Waals surface area contributed by atoms with Crippen molar-refractivity contribution in [3.05, 3.63) is 34.3 Å². The lowest BCUT2D eigenvalue weighted by atomic mass is 9.90. The number of carbonyl (C=O) groups is 1. The zero-order chi connectivity index (χ0) is 15.7. The second kappa shape index (κ2) is 7.54. The van der Waals surface area contributed by atoms with Crippen LogP contribution in [0.25, 0.3) is 0 Å². The number of benzene rings is 1. The second-order valence-electron chi connectivity index (χ2n) is 7.06. The molecule has 0 aromatic heterocycles. The van der Waals surface area contributed by atoms with Crippen molar-refractivity contribution in [2.75, 3.05) is 20.1 Å². The minimum atomic E-state index is 0. The van der Waals surface area contributed by atoms with Crippen LogP contribution in [0.5, 0.6) is 0 Å². The minimum absolute atomic E-state index is 0. The molecule has 1 amide bonds. The summed E-state index contributed by atoms with van der Waals surface area (Å²) >= 11 is 3.49. The van der Waals surface area contributed by atoms with Crippen LogP contribution in [0.1, 0.15) is 38.2 Å². The first-order chi connectivity index (χ1) is 10.5. The molecule has 3 nitrogen and oxygen atoms in total. The number of rotatable bonds is 4. The molecule has 1 saturated carbocycles. The van der Waals surface area contributed by atoms with Crippen LogP contribution < -0.4 is 5.32 Å². The molecule has 1 aromatic rings. The van der Waals surface area contributed by atoms with Gasteiger partial charge in [-0.25, -0.2) is 0 Å². The Morgan fingerprint density at radius 3 is 2.57 bits per heavy atom. The summed E-state index contributed by atoms with van der Waals surface area (Å²) in [5.41, 5.74) is 1.57. The van der Waals surface area contributed by atoms with Crippen LogP contribution in [-0.4, -0.2) is 37.0 Å². The van der Waals surface area contributed by atoms with Gasteiger partial charge in [-0.15, -0.1) is 12.4 Å². The summed E-state index contributed by atoms with van der Waals surface area (Å²) in [6, 6.07) is 9.05. The molecule has 0 spiro atoms. The van der Waals surface area contributed by atoms with Gasteiger partial charge in [0, 0.05) is 35.4 Å². The highest BCUT2D eigenvalue weighted by atomic mass is 79.9. The maximum Gasteiger partial charge on any atom is 0.225 e. The summed E-state index contributed by atoms with van der Waals surface area (Å²) in [4.78, 5) is 14.7. The molecule has 5 heteroatoms. The van der Waals surface area contributed by atoms with Crippen molar-refractivity contribution in [3.63, 3.8) is 0 Å². The van der Waals surface area contributed by atoms with Crippen molar-refractivity contribution in [2.45, 2.75) is 44.1 Å². The highest BCUT2D eigenvalue weighted by Gasteiger charge is 2.46. The molecule has 1 saturated heterocycles. The van der Waals surface area contributed by atoms with Crippen molar-refractivity contribution < 1.29 is 4.79 Å². The molecule has 1 N–H and O–H groups in total. The zero-order valence-electron chi connectivity index (χ0n) is 13.8. The van der Waals surface area contributed by atoms with Gasteiger partial charge < -0.3 is 10.2 Å². The third-order valence-electron chi connectivity index (χ3n) is 5.20. The number of nitrogens with one attached hydrogen (secondary N) is 1. The molecule has 3 rings (SSSR count). The van der Waals surface area contributed by atoms with Gasteiger partial charge in [-0.2, -0.15) is 0 Å². The lowest BCUT2D eigenvalue weighted by Crippen LogP contribution is -2.44. The number of carbonyl (C=O) groups excluding carboxylic acids is 1. The molecule has 0 bridgehead atoms. The Labute approximate surface area is 153 Å². The van der Waals surface area contributed by atoms with E-state index in [9.17, 15) is 4.79 Å². The largest absolute Gasteiger partial charge is 0.345 e. The first-order valence-corrected chi connectivity index (χ1v) is 9.04. The molecule has 1 aliphatic carbocycles. The molecular formula is C18H26BrClN2O. The molecule has 1 heterocycles. The molecule has 1 aliphatic heterocycles. The van der Waals surface area contributed by atoms with Crippen molar-refractivity contribution in [1.29, 1.82) is 0 Å². The van der Waals surface area contributed by atoms with Crippen molar-refractivity contribution >= 4 is 34.2 Å². The Morgan fingerprint density at radius 2 is 2.00 bits per heavy atom. The lowest BCUT2D eigenvalue weighted by Gasteiger charge is -2.32. The minimum Gasteiger partial charge on any atom is -0.345 e. The highest BCUT2D eigenvalue weighted by molar-refractivity contribution is 9.10. The monoisotopic (exact) mass is 400 g/mol. The number of halogens is 2. The fourth-order valence-corrected chi connectivity index (χ4v) is 3.96. The smallest absolute Gasteiger partial charge is 0.225 e. The molecular weight excluding hydrogens is 376 g/mol. The van der Waals surface area contributed by atoms with Crippen LogP contribution in [-0.2, 0) is 10.2 Å². The Balaban J connectivity index is 0.00000192. The van der Waals surface area contributed by atoms with Crippen molar-refractivity contribution in [3.8, 4) is 0 Å².